The van der Waals surface area contributed by atoms with Crippen LogP contribution in [0, 0.1) is 0 Å². The number of hydrogen-bond acceptors (Lipinski definition) is 5. The van der Waals surface area contributed by atoms with Crippen LogP contribution in [0.25, 0.3) is 0 Å². The summed E-state index contributed by atoms with van der Waals surface area (Å²) in [5.41, 5.74) is 0.752. The van der Waals surface area contributed by atoms with Crippen LogP contribution in [0.15, 0.2) is 22.5 Å². The molecule has 0 fully saturated rings. The molecule has 0 aromatic carbocycles. The molecule has 3 nitrogen and oxygen atoms in total. The molecule has 0 radical (unpaired) electrons. The second kappa shape index (κ2) is 7.26. The van der Waals surface area contributed by atoms with E-state index in [1.165, 1.54) is 0 Å². The van der Waals surface area contributed by atoms with E-state index in [4.69, 9.17) is 4.74 Å². The number of carbonyl (C=O) groups excluding carboxylic acids is 1. The predicted octanol–water partition coefficient (Wildman–Crippen LogP) is 2.36. The fourth-order valence-corrected chi connectivity index (χ4v) is 3.73. The molecule has 0 N–H and O–H groups in total. The van der Waals surface area contributed by atoms with Crippen LogP contribution >= 0.6 is 23.5 Å². The molecule has 1 rings (SSSR count). The predicted molar refractivity (Wildman–Crippen MR) is 76.2 cm³/mol. The SMILES string of the molecule is C=CC1=C(SC)SCC(N(C)COCC)C1=O. The number of carbonyl (C=O) groups is 1. The molecule has 5 heteroatoms. The Bertz CT molecular complexity index is 328. The normalized spacial score (nSPS) is 21.2. The number of thioether (sulfide) groups is 2. The molecular formula is C12H19NO2S2. The van der Waals surface area contributed by atoms with Crippen LogP contribution in [-0.2, 0) is 9.53 Å². The molecule has 1 atom stereocenters. The van der Waals surface area contributed by atoms with Gasteiger partial charge >= 0.3 is 0 Å². The van der Waals surface area contributed by atoms with Crippen molar-refractivity contribution in [3.05, 3.63) is 22.5 Å². The summed E-state index contributed by atoms with van der Waals surface area (Å²) in [6.07, 6.45) is 3.66. The van der Waals surface area contributed by atoms with Crippen LogP contribution in [0.3, 0.4) is 0 Å². The van der Waals surface area contributed by atoms with Crippen LogP contribution in [0.2, 0.25) is 0 Å². The Morgan fingerprint density at radius 2 is 2.41 bits per heavy atom. The molecule has 17 heavy (non-hydrogen) atoms. The van der Waals surface area contributed by atoms with Gasteiger partial charge in [-0.05, 0) is 20.2 Å². The Morgan fingerprint density at radius 1 is 1.71 bits per heavy atom. The Balaban J connectivity index is 2.77. The number of hydrogen-bond donors (Lipinski definition) is 0. The van der Waals surface area contributed by atoms with E-state index in [0.717, 1.165) is 15.6 Å². The summed E-state index contributed by atoms with van der Waals surface area (Å²) in [4.78, 5) is 14.2. The third-order valence-electron chi connectivity index (χ3n) is 2.58. The van der Waals surface area contributed by atoms with E-state index in [2.05, 4.69) is 6.58 Å². The number of allylic oxidation sites excluding steroid dienone is 1. The van der Waals surface area contributed by atoms with Crippen LogP contribution in [0.1, 0.15) is 6.92 Å². The number of Topliss-reactive ketones (excluding diaryl/α,β-unsaturated/α-hetero) is 1. The van der Waals surface area contributed by atoms with Crippen LogP contribution in [-0.4, -0.2) is 49.1 Å². The number of rotatable bonds is 6. The molecule has 0 saturated heterocycles. The lowest BCUT2D eigenvalue weighted by Crippen LogP contribution is -2.43. The van der Waals surface area contributed by atoms with Crippen LogP contribution in [0.5, 0.6) is 0 Å². The largest absolute Gasteiger partial charge is 0.366 e. The van der Waals surface area contributed by atoms with Gasteiger partial charge in [-0.25, -0.2) is 0 Å². The number of likely N-dealkylation sites (N-methyl/N-ethyl adjacent to an activating group) is 1. The van der Waals surface area contributed by atoms with Crippen molar-refractivity contribution in [2.24, 2.45) is 0 Å². The van der Waals surface area contributed by atoms with E-state index < -0.39 is 0 Å². The topological polar surface area (TPSA) is 29.5 Å². The number of ether oxygens (including phenoxy) is 1. The minimum absolute atomic E-state index is 0.101. The van der Waals surface area contributed by atoms with Crippen molar-refractivity contribution in [2.75, 3.05) is 32.4 Å². The van der Waals surface area contributed by atoms with Crippen LogP contribution < -0.4 is 0 Å². The van der Waals surface area contributed by atoms with Crippen LogP contribution in [0.4, 0.5) is 0 Å². The zero-order valence-corrected chi connectivity index (χ0v) is 12.2. The van der Waals surface area contributed by atoms with E-state index in [1.54, 1.807) is 29.6 Å². The van der Waals surface area contributed by atoms with Gasteiger partial charge in [-0.3, -0.25) is 9.69 Å². The zero-order valence-electron chi connectivity index (χ0n) is 10.6. The average Bonchev–Trinajstić information content (AvgIpc) is 2.35. The van der Waals surface area contributed by atoms with E-state index in [-0.39, 0.29) is 11.8 Å². The Kier molecular flexibility index (Phi) is 6.33. The second-order valence-electron chi connectivity index (χ2n) is 3.68. The van der Waals surface area contributed by atoms with Crippen molar-refractivity contribution in [1.82, 2.24) is 4.90 Å². The number of ketones is 1. The van der Waals surface area contributed by atoms with Gasteiger partial charge in [0.15, 0.2) is 5.78 Å². The maximum absolute atomic E-state index is 12.3. The summed E-state index contributed by atoms with van der Waals surface area (Å²) in [7, 11) is 1.92. The van der Waals surface area contributed by atoms with E-state index in [0.29, 0.717) is 13.3 Å². The van der Waals surface area contributed by atoms with Crippen molar-refractivity contribution in [2.45, 2.75) is 13.0 Å². The number of nitrogens with zero attached hydrogens (tertiary/aromatic N) is 1. The molecule has 1 aliphatic rings. The van der Waals surface area contributed by atoms with Crippen molar-refractivity contribution in [3.8, 4) is 0 Å². The molecule has 96 valence electrons. The van der Waals surface area contributed by atoms with Gasteiger partial charge in [0.1, 0.15) is 0 Å². The molecule has 0 amide bonds. The second-order valence-corrected chi connectivity index (χ2v) is 5.78. The first-order chi connectivity index (χ1) is 8.15. The fourth-order valence-electron chi connectivity index (χ4n) is 1.59. The molecule has 1 heterocycles. The molecule has 1 unspecified atom stereocenters. The summed E-state index contributed by atoms with van der Waals surface area (Å²) in [6.45, 7) is 6.84. The van der Waals surface area contributed by atoms with E-state index in [1.807, 2.05) is 25.1 Å². The summed E-state index contributed by atoms with van der Waals surface area (Å²) in [5.74, 6) is 0.945. The standard InChI is InChI=1S/C12H19NO2S2/c1-5-9-11(14)10(7-17-12(9)16-4)13(3)8-15-6-2/h5,10H,1,6-8H2,2-4H3. The van der Waals surface area contributed by atoms with Gasteiger partial charge in [-0.1, -0.05) is 12.7 Å². The third kappa shape index (κ3) is 3.61. The summed E-state index contributed by atoms with van der Waals surface area (Å²) in [5, 5.41) is 0. The quantitative estimate of drug-likeness (QED) is 0.693. The van der Waals surface area contributed by atoms with Gasteiger partial charge in [0.2, 0.25) is 0 Å². The Labute approximate surface area is 112 Å². The highest BCUT2D eigenvalue weighted by Crippen LogP contribution is 2.36. The Hall–Kier alpha value is -0.230. The van der Waals surface area contributed by atoms with Crippen molar-refractivity contribution in [3.63, 3.8) is 0 Å². The molecule has 0 bridgehead atoms. The third-order valence-corrected chi connectivity index (χ3v) is 4.99. The highest BCUT2D eigenvalue weighted by molar-refractivity contribution is 8.22. The van der Waals surface area contributed by atoms with Crippen molar-refractivity contribution >= 4 is 29.3 Å². The van der Waals surface area contributed by atoms with Crippen molar-refractivity contribution < 1.29 is 9.53 Å². The lowest BCUT2D eigenvalue weighted by molar-refractivity contribution is -0.121. The lowest BCUT2D eigenvalue weighted by Gasteiger charge is -2.30. The molecule has 0 spiro atoms. The molecule has 1 aliphatic heterocycles. The summed E-state index contributed by atoms with van der Waals surface area (Å²) < 4.78 is 6.41. The van der Waals surface area contributed by atoms with Crippen molar-refractivity contribution in [1.29, 1.82) is 0 Å². The van der Waals surface area contributed by atoms with Gasteiger partial charge in [-0.2, -0.15) is 0 Å². The van der Waals surface area contributed by atoms with Gasteiger partial charge in [0.05, 0.1) is 17.0 Å². The molecular weight excluding hydrogens is 254 g/mol. The van der Waals surface area contributed by atoms with E-state index >= 15 is 0 Å². The van der Waals surface area contributed by atoms with E-state index in [9.17, 15) is 4.79 Å². The maximum Gasteiger partial charge on any atom is 0.182 e. The van der Waals surface area contributed by atoms with Gasteiger partial charge in [-0.15, -0.1) is 23.5 Å². The summed E-state index contributed by atoms with van der Waals surface area (Å²) in [6, 6.07) is -0.101. The molecule has 0 aliphatic carbocycles. The smallest absolute Gasteiger partial charge is 0.182 e. The molecule has 0 saturated carbocycles. The van der Waals surface area contributed by atoms with Gasteiger partial charge in [0, 0.05) is 17.9 Å². The fraction of sp³-hybridized carbons (Fsp3) is 0.583. The minimum Gasteiger partial charge on any atom is -0.366 e. The molecule has 0 aromatic heterocycles. The molecule has 0 aromatic rings. The van der Waals surface area contributed by atoms with Gasteiger partial charge < -0.3 is 4.74 Å². The highest BCUT2D eigenvalue weighted by atomic mass is 32.2. The minimum atomic E-state index is -0.101. The maximum atomic E-state index is 12.3. The Morgan fingerprint density at radius 3 is 2.94 bits per heavy atom. The monoisotopic (exact) mass is 273 g/mol. The first-order valence-corrected chi connectivity index (χ1v) is 7.72. The first-order valence-electron chi connectivity index (χ1n) is 5.51. The first kappa shape index (κ1) is 14.8. The zero-order chi connectivity index (χ0) is 12.8. The van der Waals surface area contributed by atoms with Gasteiger partial charge in [0.25, 0.3) is 0 Å². The summed E-state index contributed by atoms with van der Waals surface area (Å²) >= 11 is 3.34. The highest BCUT2D eigenvalue weighted by Gasteiger charge is 2.31. The average molecular weight is 273 g/mol. The lowest BCUT2D eigenvalue weighted by atomic mass is 10.1.